The van der Waals surface area contributed by atoms with E-state index in [-0.39, 0.29) is 11.6 Å². The van der Waals surface area contributed by atoms with Gasteiger partial charge in [-0.2, -0.15) is 0 Å². The van der Waals surface area contributed by atoms with Crippen molar-refractivity contribution < 1.29 is 23.7 Å². The van der Waals surface area contributed by atoms with E-state index in [0.29, 0.717) is 42.9 Å². The van der Waals surface area contributed by atoms with Crippen molar-refractivity contribution >= 4 is 17.6 Å². The van der Waals surface area contributed by atoms with Crippen molar-refractivity contribution in [2.75, 3.05) is 45.7 Å². The SMILES string of the molecule is COCCCOc1cc2c(cc1Cl)-c1cc(=O)c(C(=O)OC)cn1N1[C@@H]2COCC1(C)C. The normalized spacial score (nSPS) is 18.4. The summed E-state index contributed by atoms with van der Waals surface area (Å²) >= 11 is 6.55. The molecule has 0 unspecified atom stereocenters. The van der Waals surface area contributed by atoms with Crippen molar-refractivity contribution in [2.45, 2.75) is 31.8 Å². The van der Waals surface area contributed by atoms with Crippen molar-refractivity contribution in [1.29, 1.82) is 0 Å². The monoisotopic (exact) mass is 462 g/mol. The van der Waals surface area contributed by atoms with Gasteiger partial charge in [0, 0.05) is 38.0 Å². The predicted octanol–water partition coefficient (Wildman–Crippen LogP) is 3.17. The molecule has 1 aromatic heterocycles. The Kier molecular flexibility index (Phi) is 6.20. The van der Waals surface area contributed by atoms with Gasteiger partial charge in [-0.3, -0.25) is 14.5 Å². The molecule has 2 aliphatic heterocycles. The summed E-state index contributed by atoms with van der Waals surface area (Å²) in [7, 11) is 2.91. The number of methoxy groups -OCH3 is 2. The smallest absolute Gasteiger partial charge is 0.343 e. The Morgan fingerprint density at radius 3 is 2.75 bits per heavy atom. The third-order valence-corrected chi connectivity index (χ3v) is 6.10. The summed E-state index contributed by atoms with van der Waals surface area (Å²) in [5.41, 5.74) is 1.57. The van der Waals surface area contributed by atoms with Gasteiger partial charge in [-0.1, -0.05) is 11.6 Å². The van der Waals surface area contributed by atoms with E-state index < -0.39 is 16.9 Å². The molecular weight excluding hydrogens is 436 g/mol. The second-order valence-electron chi connectivity index (χ2n) is 8.53. The molecule has 4 rings (SSSR count). The molecule has 0 amide bonds. The summed E-state index contributed by atoms with van der Waals surface area (Å²) in [5.74, 6) is -0.0941. The minimum absolute atomic E-state index is 0.0232. The summed E-state index contributed by atoms with van der Waals surface area (Å²) in [4.78, 5) is 25.0. The molecule has 1 saturated heterocycles. The maximum absolute atomic E-state index is 12.8. The number of carbonyl (C=O) groups excluding carboxylic acids is 1. The van der Waals surface area contributed by atoms with E-state index in [1.165, 1.54) is 13.2 Å². The van der Waals surface area contributed by atoms with Gasteiger partial charge in [0.2, 0.25) is 0 Å². The van der Waals surface area contributed by atoms with Crippen LogP contribution in [0.4, 0.5) is 0 Å². The van der Waals surface area contributed by atoms with E-state index in [0.717, 1.165) is 17.5 Å². The zero-order valence-corrected chi connectivity index (χ0v) is 19.4. The molecule has 0 radical (unpaired) electrons. The maximum Gasteiger partial charge on any atom is 0.343 e. The van der Waals surface area contributed by atoms with Gasteiger partial charge >= 0.3 is 5.97 Å². The third kappa shape index (κ3) is 3.87. The first kappa shape index (κ1) is 22.6. The standard InChI is InChI=1S/C23H27ClN2O6/c1-23(2)13-31-12-19-15-9-21(32-7-5-6-29-3)17(24)8-14(15)18-10-20(27)16(22(28)30-4)11-25(18)26(19)23/h8-11,19H,5-7,12-13H2,1-4H3/t19-/m1/s1. The number of fused-ring (bicyclic) bond motifs is 6. The number of morpholine rings is 1. The summed E-state index contributed by atoms with van der Waals surface area (Å²) in [6.45, 7) is 6.12. The van der Waals surface area contributed by atoms with Crippen LogP contribution in [-0.2, 0) is 14.2 Å². The molecule has 1 aromatic carbocycles. The first-order valence-corrected chi connectivity index (χ1v) is 10.8. The topological polar surface area (TPSA) is 79.2 Å². The van der Waals surface area contributed by atoms with Crippen LogP contribution in [0.25, 0.3) is 11.3 Å². The predicted molar refractivity (Wildman–Crippen MR) is 120 cm³/mol. The second-order valence-corrected chi connectivity index (χ2v) is 8.93. The molecular formula is C23H27ClN2O6. The van der Waals surface area contributed by atoms with Gasteiger partial charge in [0.15, 0.2) is 5.43 Å². The third-order valence-electron chi connectivity index (χ3n) is 5.80. The number of aromatic nitrogens is 1. The largest absolute Gasteiger partial charge is 0.492 e. The molecule has 2 aliphatic rings. The number of rotatable bonds is 6. The van der Waals surface area contributed by atoms with Crippen LogP contribution in [0.15, 0.2) is 29.2 Å². The number of ether oxygens (including phenoxy) is 4. The van der Waals surface area contributed by atoms with Crippen molar-refractivity contribution in [3.05, 3.63) is 50.8 Å². The average molecular weight is 463 g/mol. The van der Waals surface area contributed by atoms with Crippen LogP contribution < -0.4 is 15.2 Å². The highest BCUT2D eigenvalue weighted by molar-refractivity contribution is 6.32. The highest BCUT2D eigenvalue weighted by Crippen LogP contribution is 2.45. The average Bonchev–Trinajstić information content (AvgIpc) is 2.76. The molecule has 8 nitrogen and oxygen atoms in total. The first-order chi connectivity index (χ1) is 15.3. The maximum atomic E-state index is 12.8. The molecule has 172 valence electrons. The zero-order chi connectivity index (χ0) is 23.0. The Hall–Kier alpha value is -2.55. The highest BCUT2D eigenvalue weighted by Gasteiger charge is 2.43. The highest BCUT2D eigenvalue weighted by atomic mass is 35.5. The Morgan fingerprint density at radius 2 is 2.03 bits per heavy atom. The molecule has 0 spiro atoms. The molecule has 1 atom stereocenters. The van der Waals surface area contributed by atoms with Gasteiger partial charge in [-0.25, -0.2) is 4.79 Å². The lowest BCUT2D eigenvalue weighted by atomic mass is 9.90. The minimum atomic E-state index is -0.670. The van der Waals surface area contributed by atoms with Gasteiger partial charge in [0.05, 0.1) is 49.2 Å². The van der Waals surface area contributed by atoms with E-state index in [4.69, 9.17) is 30.5 Å². The molecule has 2 aromatic rings. The van der Waals surface area contributed by atoms with Crippen LogP contribution in [0.2, 0.25) is 5.02 Å². The summed E-state index contributed by atoms with van der Waals surface area (Å²) in [5, 5.41) is 2.59. The van der Waals surface area contributed by atoms with Crippen molar-refractivity contribution in [3.8, 4) is 17.0 Å². The van der Waals surface area contributed by atoms with Gasteiger partial charge in [-0.05, 0) is 31.5 Å². The molecule has 9 heteroatoms. The van der Waals surface area contributed by atoms with Crippen LogP contribution in [0, 0.1) is 0 Å². The van der Waals surface area contributed by atoms with E-state index in [9.17, 15) is 9.59 Å². The van der Waals surface area contributed by atoms with Crippen LogP contribution in [0.5, 0.6) is 5.75 Å². The van der Waals surface area contributed by atoms with Crippen LogP contribution >= 0.6 is 11.6 Å². The van der Waals surface area contributed by atoms with Crippen LogP contribution in [-0.4, -0.2) is 56.8 Å². The minimum Gasteiger partial charge on any atom is -0.492 e. The molecule has 0 aliphatic carbocycles. The zero-order valence-electron chi connectivity index (χ0n) is 18.6. The summed E-state index contributed by atoms with van der Waals surface area (Å²) in [6, 6.07) is 5.04. The molecule has 0 bridgehead atoms. The molecule has 1 fully saturated rings. The Labute approximate surface area is 191 Å². The molecule has 0 N–H and O–H groups in total. The Balaban J connectivity index is 1.88. The Morgan fingerprint density at radius 1 is 1.25 bits per heavy atom. The fraction of sp³-hybridized carbons (Fsp3) is 0.478. The van der Waals surface area contributed by atoms with Crippen LogP contribution in [0.1, 0.15) is 42.2 Å². The lowest BCUT2D eigenvalue weighted by Gasteiger charge is -2.53. The van der Waals surface area contributed by atoms with Crippen molar-refractivity contribution in [1.82, 2.24) is 4.68 Å². The number of pyridine rings is 1. The van der Waals surface area contributed by atoms with Gasteiger partial charge in [0.25, 0.3) is 0 Å². The van der Waals surface area contributed by atoms with E-state index in [1.54, 1.807) is 13.3 Å². The molecule has 3 heterocycles. The van der Waals surface area contributed by atoms with Gasteiger partial charge in [-0.15, -0.1) is 0 Å². The summed E-state index contributed by atoms with van der Waals surface area (Å²) < 4.78 is 23.6. The van der Waals surface area contributed by atoms with Crippen molar-refractivity contribution in [2.24, 2.45) is 0 Å². The fourth-order valence-corrected chi connectivity index (χ4v) is 4.59. The van der Waals surface area contributed by atoms with E-state index in [2.05, 4.69) is 18.9 Å². The quantitative estimate of drug-likeness (QED) is 0.482. The lowest BCUT2D eigenvalue weighted by molar-refractivity contribution is 0.0176. The van der Waals surface area contributed by atoms with Crippen molar-refractivity contribution in [3.63, 3.8) is 0 Å². The number of nitrogens with zero attached hydrogens (tertiary/aromatic N) is 2. The Bertz CT molecular complexity index is 1100. The van der Waals surface area contributed by atoms with Gasteiger partial charge < -0.3 is 18.9 Å². The van der Waals surface area contributed by atoms with Crippen LogP contribution in [0.3, 0.4) is 0 Å². The van der Waals surface area contributed by atoms with Gasteiger partial charge in [0.1, 0.15) is 11.3 Å². The number of hydrogen-bond donors (Lipinski definition) is 0. The van der Waals surface area contributed by atoms with E-state index >= 15 is 0 Å². The summed E-state index contributed by atoms with van der Waals surface area (Å²) in [6.07, 6.45) is 2.29. The lowest BCUT2D eigenvalue weighted by Crippen LogP contribution is -2.61. The molecule has 32 heavy (non-hydrogen) atoms. The fourth-order valence-electron chi connectivity index (χ4n) is 4.37. The molecule has 0 saturated carbocycles. The number of carbonyl (C=O) groups is 1. The number of benzene rings is 1. The second kappa shape index (κ2) is 8.77. The number of esters is 1. The first-order valence-electron chi connectivity index (χ1n) is 10.5. The number of halogens is 1. The number of hydrogen-bond acceptors (Lipinski definition) is 7. The van der Waals surface area contributed by atoms with E-state index in [1.807, 2.05) is 16.8 Å².